The van der Waals surface area contributed by atoms with Crippen LogP contribution in [0.4, 0.5) is 0 Å². The van der Waals surface area contributed by atoms with Crippen LogP contribution in [0, 0.1) is 5.92 Å². The molecule has 3 rings (SSSR count). The summed E-state index contributed by atoms with van der Waals surface area (Å²) in [5.74, 6) is -0.247. The smallest absolute Gasteiger partial charge is 0.314 e. The zero-order valence-electron chi connectivity index (χ0n) is 11.0. The van der Waals surface area contributed by atoms with Crippen LogP contribution in [0.3, 0.4) is 0 Å². The molecular formula is C15H18ClNO2. The van der Waals surface area contributed by atoms with Gasteiger partial charge in [0.25, 0.3) is 0 Å². The first-order valence-corrected chi connectivity index (χ1v) is 7.16. The number of halogens is 1. The van der Waals surface area contributed by atoms with Crippen LogP contribution in [-0.4, -0.2) is 25.2 Å². The van der Waals surface area contributed by atoms with E-state index in [1.807, 2.05) is 12.2 Å². The molecule has 1 N–H and O–H groups in total. The number of nitrogens with one attached hydrogen (secondary N) is 1. The van der Waals surface area contributed by atoms with E-state index in [2.05, 4.69) is 11.4 Å². The number of carbonyl (C=O) groups excluding carboxylic acids is 1. The van der Waals surface area contributed by atoms with Crippen molar-refractivity contribution < 1.29 is 9.53 Å². The van der Waals surface area contributed by atoms with Gasteiger partial charge in [0.2, 0.25) is 0 Å². The molecule has 0 saturated carbocycles. The lowest BCUT2D eigenvalue weighted by Crippen LogP contribution is -2.45. The Morgan fingerprint density at radius 1 is 1.42 bits per heavy atom. The van der Waals surface area contributed by atoms with Crippen molar-refractivity contribution >= 4 is 17.6 Å². The third-order valence-corrected chi connectivity index (χ3v) is 4.63. The minimum Gasteiger partial charge on any atom is -0.469 e. The van der Waals surface area contributed by atoms with Gasteiger partial charge < -0.3 is 10.1 Å². The van der Waals surface area contributed by atoms with Crippen LogP contribution in [0.25, 0.3) is 0 Å². The number of rotatable bonds is 1. The Bertz CT molecular complexity index is 492. The Morgan fingerprint density at radius 3 is 2.95 bits per heavy atom. The molecule has 1 aliphatic carbocycles. The first-order valence-electron chi connectivity index (χ1n) is 6.78. The largest absolute Gasteiger partial charge is 0.469 e. The number of allylic oxidation sites excluding steroid dienone is 5. The van der Waals surface area contributed by atoms with Crippen LogP contribution in [-0.2, 0) is 9.53 Å². The number of fused-ring (bicyclic) bond motifs is 2. The summed E-state index contributed by atoms with van der Waals surface area (Å²) in [4.78, 5) is 12.1. The topological polar surface area (TPSA) is 38.3 Å². The monoisotopic (exact) mass is 279 g/mol. The Morgan fingerprint density at radius 2 is 2.26 bits per heavy atom. The molecule has 0 amide bonds. The van der Waals surface area contributed by atoms with Crippen molar-refractivity contribution in [2.45, 2.75) is 37.8 Å². The molecule has 2 aliphatic heterocycles. The summed E-state index contributed by atoms with van der Waals surface area (Å²) in [5.41, 5.74) is 2.48. The summed E-state index contributed by atoms with van der Waals surface area (Å²) in [6.07, 6.45) is 9.93. The van der Waals surface area contributed by atoms with E-state index in [9.17, 15) is 4.79 Å². The second-order valence-corrected chi connectivity index (χ2v) is 5.87. The number of piperidine rings is 1. The first kappa shape index (κ1) is 12.9. The molecule has 3 aliphatic rings. The lowest BCUT2D eigenvalue weighted by Gasteiger charge is -2.32. The quantitative estimate of drug-likeness (QED) is 0.750. The standard InChI is InChI=1S/C15H18ClNO2/c1-19-15(18)14-12(8-11-6-7-13(14)17-11)9-2-4-10(16)5-3-9/h2,4-5,11,13-14,17H,3,6-8H2,1H3/b12-9-. The van der Waals surface area contributed by atoms with E-state index in [1.54, 1.807) is 0 Å². The van der Waals surface area contributed by atoms with E-state index < -0.39 is 0 Å². The van der Waals surface area contributed by atoms with Gasteiger partial charge in [0.15, 0.2) is 0 Å². The van der Waals surface area contributed by atoms with Gasteiger partial charge in [-0.15, -0.1) is 0 Å². The predicted octanol–water partition coefficient (Wildman–Crippen LogP) is 2.68. The minimum absolute atomic E-state index is 0.116. The lowest BCUT2D eigenvalue weighted by atomic mass is 9.82. The number of hydrogen-bond acceptors (Lipinski definition) is 3. The Kier molecular flexibility index (Phi) is 3.50. The van der Waals surface area contributed by atoms with Gasteiger partial charge in [-0.1, -0.05) is 23.8 Å². The fourth-order valence-electron chi connectivity index (χ4n) is 3.44. The maximum atomic E-state index is 12.1. The number of ether oxygens (including phenoxy) is 1. The third-order valence-electron chi connectivity index (χ3n) is 4.35. The Labute approximate surface area is 118 Å². The average Bonchev–Trinajstić information content (AvgIpc) is 2.80. The van der Waals surface area contributed by atoms with Gasteiger partial charge in [0.1, 0.15) is 0 Å². The third kappa shape index (κ3) is 2.37. The Hall–Kier alpha value is -1.06. The molecule has 2 heterocycles. The number of esters is 1. The number of carbonyl (C=O) groups is 1. The SMILES string of the molecule is COC(=O)C1/C(=C2/C=CC(Cl)=CC2)CC2CCC1N2. The predicted molar refractivity (Wildman–Crippen MR) is 74.8 cm³/mol. The van der Waals surface area contributed by atoms with Crippen LogP contribution in [0.2, 0.25) is 0 Å². The maximum Gasteiger partial charge on any atom is 0.314 e. The summed E-state index contributed by atoms with van der Waals surface area (Å²) >= 11 is 5.96. The fourth-order valence-corrected chi connectivity index (χ4v) is 3.58. The van der Waals surface area contributed by atoms with Crippen molar-refractivity contribution in [1.29, 1.82) is 0 Å². The van der Waals surface area contributed by atoms with E-state index in [4.69, 9.17) is 16.3 Å². The summed E-state index contributed by atoms with van der Waals surface area (Å²) in [7, 11) is 1.47. The molecule has 102 valence electrons. The minimum atomic E-state index is -0.131. The van der Waals surface area contributed by atoms with Crippen LogP contribution in [0.1, 0.15) is 25.7 Å². The molecule has 0 aromatic carbocycles. The molecular weight excluding hydrogens is 262 g/mol. The highest BCUT2D eigenvalue weighted by atomic mass is 35.5. The van der Waals surface area contributed by atoms with Gasteiger partial charge in [0, 0.05) is 17.1 Å². The van der Waals surface area contributed by atoms with E-state index >= 15 is 0 Å². The van der Waals surface area contributed by atoms with Crippen molar-refractivity contribution in [3.05, 3.63) is 34.4 Å². The molecule has 0 aromatic heterocycles. The van der Waals surface area contributed by atoms with Gasteiger partial charge in [-0.3, -0.25) is 4.79 Å². The van der Waals surface area contributed by atoms with Crippen LogP contribution >= 0.6 is 11.6 Å². The Balaban J connectivity index is 1.96. The van der Waals surface area contributed by atoms with E-state index in [0.29, 0.717) is 6.04 Å². The van der Waals surface area contributed by atoms with Crippen molar-refractivity contribution in [1.82, 2.24) is 5.32 Å². The molecule has 3 atom stereocenters. The van der Waals surface area contributed by atoms with E-state index in [-0.39, 0.29) is 17.9 Å². The average molecular weight is 280 g/mol. The van der Waals surface area contributed by atoms with Crippen LogP contribution in [0.5, 0.6) is 0 Å². The first-order chi connectivity index (χ1) is 9.19. The summed E-state index contributed by atoms with van der Waals surface area (Å²) in [5, 5.41) is 4.31. The van der Waals surface area contributed by atoms with Crippen LogP contribution in [0.15, 0.2) is 34.4 Å². The van der Waals surface area contributed by atoms with Gasteiger partial charge in [-0.05, 0) is 42.9 Å². The lowest BCUT2D eigenvalue weighted by molar-refractivity contribution is -0.145. The van der Waals surface area contributed by atoms with E-state index in [0.717, 1.165) is 30.7 Å². The second kappa shape index (κ2) is 5.14. The van der Waals surface area contributed by atoms with Crippen molar-refractivity contribution in [3.8, 4) is 0 Å². The van der Waals surface area contributed by atoms with E-state index in [1.165, 1.54) is 18.3 Å². The zero-order valence-corrected chi connectivity index (χ0v) is 11.7. The highest BCUT2D eigenvalue weighted by Gasteiger charge is 2.43. The molecule has 2 fully saturated rings. The molecule has 2 saturated heterocycles. The normalized spacial score (nSPS) is 37.2. The number of hydrogen-bond donors (Lipinski definition) is 1. The molecule has 0 aromatic rings. The highest BCUT2D eigenvalue weighted by Crippen LogP contribution is 2.39. The molecule has 4 heteroatoms. The molecule has 19 heavy (non-hydrogen) atoms. The van der Waals surface area contributed by atoms with Crippen molar-refractivity contribution in [3.63, 3.8) is 0 Å². The summed E-state index contributed by atoms with van der Waals surface area (Å²) in [6, 6.07) is 0.756. The highest BCUT2D eigenvalue weighted by molar-refractivity contribution is 6.31. The summed E-state index contributed by atoms with van der Waals surface area (Å²) < 4.78 is 5.00. The molecule has 3 nitrogen and oxygen atoms in total. The van der Waals surface area contributed by atoms with Gasteiger partial charge in [0.05, 0.1) is 13.0 Å². The van der Waals surface area contributed by atoms with Crippen molar-refractivity contribution in [2.24, 2.45) is 5.92 Å². The maximum absolute atomic E-state index is 12.1. The van der Waals surface area contributed by atoms with Gasteiger partial charge in [-0.2, -0.15) is 0 Å². The zero-order chi connectivity index (χ0) is 13.4. The number of methoxy groups -OCH3 is 1. The molecule has 0 radical (unpaired) electrons. The summed E-state index contributed by atoms with van der Waals surface area (Å²) in [6.45, 7) is 0. The second-order valence-electron chi connectivity index (χ2n) is 5.43. The van der Waals surface area contributed by atoms with Gasteiger partial charge >= 0.3 is 5.97 Å². The molecule has 0 spiro atoms. The van der Waals surface area contributed by atoms with Gasteiger partial charge in [-0.25, -0.2) is 0 Å². The van der Waals surface area contributed by atoms with Crippen molar-refractivity contribution in [2.75, 3.05) is 7.11 Å². The molecule has 3 unspecified atom stereocenters. The fraction of sp³-hybridized carbons (Fsp3) is 0.533. The van der Waals surface area contributed by atoms with Crippen LogP contribution < -0.4 is 5.32 Å². The molecule has 2 bridgehead atoms.